The molecule has 1 amide bonds. The van der Waals surface area contributed by atoms with Gasteiger partial charge in [0.2, 0.25) is 5.91 Å². The van der Waals surface area contributed by atoms with Crippen molar-refractivity contribution < 1.29 is 14.7 Å². The van der Waals surface area contributed by atoms with Crippen molar-refractivity contribution in [3.8, 4) is 0 Å². The van der Waals surface area contributed by atoms with Gasteiger partial charge in [-0.15, -0.1) is 0 Å². The molecule has 0 aliphatic heterocycles. The minimum absolute atomic E-state index is 0.0516. The van der Waals surface area contributed by atoms with Gasteiger partial charge in [-0.25, -0.2) is 0 Å². The second-order valence-electron chi connectivity index (χ2n) is 5.33. The number of nitrogens with zero attached hydrogens (tertiary/aromatic N) is 1. The number of carbonyl (C=O) groups excluding carboxylic acids is 1. The molecule has 1 unspecified atom stereocenters. The molecule has 5 nitrogen and oxygen atoms in total. The Bertz CT molecular complexity index is 292. The predicted octanol–water partition coefficient (Wildman–Crippen LogP) is 1.19. The number of amides is 1. The average molecular weight is 258 g/mol. The van der Waals surface area contributed by atoms with E-state index >= 15 is 0 Å². The minimum Gasteiger partial charge on any atom is -0.481 e. The molecule has 106 valence electrons. The fraction of sp³-hybridized carbons (Fsp3) is 0.846. The molecule has 18 heavy (non-hydrogen) atoms. The van der Waals surface area contributed by atoms with E-state index in [1.165, 1.54) is 0 Å². The number of aliphatic carboxylic acids is 1. The van der Waals surface area contributed by atoms with Gasteiger partial charge in [0.25, 0.3) is 0 Å². The quantitative estimate of drug-likeness (QED) is 0.642. The summed E-state index contributed by atoms with van der Waals surface area (Å²) in [6.45, 7) is 6.80. The SMILES string of the molecule is CNCCCN(C)C(=O)CC(C)(C(=O)O)C(C)C. The van der Waals surface area contributed by atoms with Crippen LogP contribution in [-0.2, 0) is 9.59 Å². The summed E-state index contributed by atoms with van der Waals surface area (Å²) in [5, 5.41) is 12.3. The molecule has 0 saturated carbocycles. The van der Waals surface area contributed by atoms with Crippen molar-refractivity contribution in [1.29, 1.82) is 0 Å². The van der Waals surface area contributed by atoms with Crippen LogP contribution < -0.4 is 5.32 Å². The molecule has 5 heteroatoms. The van der Waals surface area contributed by atoms with E-state index in [1.807, 2.05) is 20.9 Å². The molecule has 2 N–H and O–H groups in total. The molecule has 0 saturated heterocycles. The molecule has 0 radical (unpaired) electrons. The van der Waals surface area contributed by atoms with Gasteiger partial charge >= 0.3 is 5.97 Å². The number of hydrogen-bond acceptors (Lipinski definition) is 3. The first kappa shape index (κ1) is 16.9. The standard InChI is InChI=1S/C13H26N2O3/c1-10(2)13(3,12(17)18)9-11(16)15(5)8-6-7-14-4/h10,14H,6-9H2,1-5H3,(H,17,18). The number of carboxylic acids is 1. The van der Waals surface area contributed by atoms with Crippen molar-refractivity contribution in [3.63, 3.8) is 0 Å². The minimum atomic E-state index is -0.992. The fourth-order valence-corrected chi connectivity index (χ4v) is 1.59. The summed E-state index contributed by atoms with van der Waals surface area (Å²) >= 11 is 0. The van der Waals surface area contributed by atoms with E-state index < -0.39 is 11.4 Å². The molecule has 0 spiro atoms. The van der Waals surface area contributed by atoms with Crippen LogP contribution in [0.2, 0.25) is 0 Å². The summed E-state index contributed by atoms with van der Waals surface area (Å²) in [5.41, 5.74) is -0.992. The largest absolute Gasteiger partial charge is 0.481 e. The molecule has 0 aliphatic carbocycles. The second-order valence-corrected chi connectivity index (χ2v) is 5.33. The maximum Gasteiger partial charge on any atom is 0.310 e. The van der Waals surface area contributed by atoms with Gasteiger partial charge in [-0.3, -0.25) is 9.59 Å². The molecule has 0 rings (SSSR count). The van der Waals surface area contributed by atoms with Gasteiger partial charge in [-0.1, -0.05) is 13.8 Å². The summed E-state index contributed by atoms with van der Waals surface area (Å²) in [4.78, 5) is 24.9. The lowest BCUT2D eigenvalue weighted by atomic mass is 9.76. The van der Waals surface area contributed by atoms with Crippen molar-refractivity contribution in [3.05, 3.63) is 0 Å². The Labute approximate surface area is 110 Å². The summed E-state index contributed by atoms with van der Waals surface area (Å²) in [6, 6.07) is 0. The molecule has 1 atom stereocenters. The normalized spacial score (nSPS) is 14.3. The Morgan fingerprint density at radius 3 is 2.33 bits per heavy atom. The topological polar surface area (TPSA) is 69.6 Å². The zero-order valence-electron chi connectivity index (χ0n) is 12.1. The summed E-state index contributed by atoms with van der Waals surface area (Å²) in [5.74, 6) is -1.09. The first-order valence-corrected chi connectivity index (χ1v) is 6.37. The van der Waals surface area contributed by atoms with Gasteiger partial charge in [-0.2, -0.15) is 0 Å². The van der Waals surface area contributed by atoms with Crippen molar-refractivity contribution in [1.82, 2.24) is 10.2 Å². The predicted molar refractivity (Wildman–Crippen MR) is 71.4 cm³/mol. The van der Waals surface area contributed by atoms with Gasteiger partial charge < -0.3 is 15.3 Å². The van der Waals surface area contributed by atoms with Crippen LogP contribution in [0.15, 0.2) is 0 Å². The Hall–Kier alpha value is -1.10. The van der Waals surface area contributed by atoms with Crippen LogP contribution in [0.1, 0.15) is 33.6 Å². The highest BCUT2D eigenvalue weighted by molar-refractivity contribution is 5.84. The fourth-order valence-electron chi connectivity index (χ4n) is 1.59. The molecular formula is C13H26N2O3. The molecular weight excluding hydrogens is 232 g/mol. The van der Waals surface area contributed by atoms with Crippen molar-refractivity contribution in [2.75, 3.05) is 27.2 Å². The van der Waals surface area contributed by atoms with Crippen LogP contribution in [0.25, 0.3) is 0 Å². The Kier molecular flexibility index (Phi) is 6.91. The number of carbonyl (C=O) groups is 2. The third-order valence-electron chi connectivity index (χ3n) is 3.63. The van der Waals surface area contributed by atoms with Crippen LogP contribution in [0.5, 0.6) is 0 Å². The van der Waals surface area contributed by atoms with E-state index in [4.69, 9.17) is 0 Å². The lowest BCUT2D eigenvalue weighted by Gasteiger charge is -2.30. The van der Waals surface area contributed by atoms with E-state index in [0.29, 0.717) is 6.54 Å². The third-order valence-corrected chi connectivity index (χ3v) is 3.63. The highest BCUT2D eigenvalue weighted by Crippen LogP contribution is 2.31. The molecule has 0 aromatic carbocycles. The smallest absolute Gasteiger partial charge is 0.310 e. The van der Waals surface area contributed by atoms with E-state index in [9.17, 15) is 14.7 Å². The van der Waals surface area contributed by atoms with Crippen molar-refractivity contribution in [2.24, 2.45) is 11.3 Å². The van der Waals surface area contributed by atoms with Crippen LogP contribution >= 0.6 is 0 Å². The lowest BCUT2D eigenvalue weighted by Crippen LogP contribution is -2.40. The van der Waals surface area contributed by atoms with Crippen LogP contribution in [0.3, 0.4) is 0 Å². The zero-order chi connectivity index (χ0) is 14.3. The summed E-state index contributed by atoms with van der Waals surface area (Å²) in [7, 11) is 3.59. The van der Waals surface area contributed by atoms with Gasteiger partial charge in [0.15, 0.2) is 0 Å². The van der Waals surface area contributed by atoms with Crippen LogP contribution in [0.4, 0.5) is 0 Å². The lowest BCUT2D eigenvalue weighted by molar-refractivity contribution is -0.155. The van der Waals surface area contributed by atoms with E-state index in [1.54, 1.807) is 18.9 Å². The van der Waals surface area contributed by atoms with Gasteiger partial charge in [0, 0.05) is 20.0 Å². The van der Waals surface area contributed by atoms with Crippen LogP contribution in [0, 0.1) is 11.3 Å². The molecule has 0 bridgehead atoms. The summed E-state index contributed by atoms with van der Waals surface area (Å²) in [6.07, 6.45) is 0.917. The first-order valence-electron chi connectivity index (χ1n) is 6.37. The first-order chi connectivity index (χ1) is 8.25. The van der Waals surface area contributed by atoms with Crippen molar-refractivity contribution in [2.45, 2.75) is 33.6 Å². The molecule has 0 fully saturated rings. The molecule has 0 heterocycles. The van der Waals surface area contributed by atoms with Crippen LogP contribution in [-0.4, -0.2) is 49.1 Å². The number of rotatable bonds is 8. The Balaban J connectivity index is 4.47. The van der Waals surface area contributed by atoms with Gasteiger partial charge in [-0.05, 0) is 32.9 Å². The van der Waals surface area contributed by atoms with E-state index in [0.717, 1.165) is 13.0 Å². The maximum absolute atomic E-state index is 12.0. The number of carboxylic acid groups (broad SMARTS) is 1. The van der Waals surface area contributed by atoms with Crippen molar-refractivity contribution >= 4 is 11.9 Å². The average Bonchev–Trinajstić information content (AvgIpc) is 2.28. The van der Waals surface area contributed by atoms with Gasteiger partial charge in [0.05, 0.1) is 5.41 Å². The maximum atomic E-state index is 12.0. The number of hydrogen-bond donors (Lipinski definition) is 2. The third kappa shape index (κ3) is 4.64. The van der Waals surface area contributed by atoms with E-state index in [-0.39, 0.29) is 18.2 Å². The highest BCUT2D eigenvalue weighted by atomic mass is 16.4. The molecule has 0 aromatic heterocycles. The molecule has 0 aromatic rings. The monoisotopic (exact) mass is 258 g/mol. The van der Waals surface area contributed by atoms with E-state index in [2.05, 4.69) is 5.32 Å². The number of nitrogens with one attached hydrogen (secondary N) is 1. The zero-order valence-corrected chi connectivity index (χ0v) is 12.1. The Morgan fingerprint density at radius 1 is 1.39 bits per heavy atom. The second kappa shape index (κ2) is 7.36. The Morgan fingerprint density at radius 2 is 1.94 bits per heavy atom. The summed E-state index contributed by atoms with van der Waals surface area (Å²) < 4.78 is 0. The molecule has 0 aliphatic rings. The van der Waals surface area contributed by atoms with Gasteiger partial charge in [0.1, 0.15) is 0 Å². The highest BCUT2D eigenvalue weighted by Gasteiger charge is 2.39.